The topological polar surface area (TPSA) is 237 Å². The molecule has 0 aliphatic carbocycles. The summed E-state index contributed by atoms with van der Waals surface area (Å²) in [4.78, 5) is 73.1. The van der Waals surface area contributed by atoms with E-state index in [4.69, 9.17) is 37.0 Å². The van der Waals surface area contributed by atoms with E-state index in [-0.39, 0.29) is 25.7 Å². The second-order valence-corrected chi connectivity index (χ2v) is 34.0. The van der Waals surface area contributed by atoms with Gasteiger partial charge in [-0.2, -0.15) is 0 Å². The number of phosphoric acid groups is 2. The number of carbonyl (C=O) groups is 4. The van der Waals surface area contributed by atoms with Crippen molar-refractivity contribution in [1.29, 1.82) is 0 Å². The quantitative estimate of drug-likeness (QED) is 0.0222. The molecule has 0 rings (SSSR count). The molecule has 0 radical (unpaired) electrons. The summed E-state index contributed by atoms with van der Waals surface area (Å²) in [6.45, 7) is 9.74. The molecule has 4 unspecified atom stereocenters. The lowest BCUT2D eigenvalue weighted by Gasteiger charge is -2.21. The van der Waals surface area contributed by atoms with Crippen LogP contribution < -0.4 is 0 Å². The third-order valence-corrected chi connectivity index (χ3v) is 22.6. The maximum Gasteiger partial charge on any atom is 0.472 e. The van der Waals surface area contributed by atoms with E-state index >= 15 is 0 Å². The van der Waals surface area contributed by atoms with Gasteiger partial charge >= 0.3 is 39.5 Å². The Bertz CT molecular complexity index is 2000. The van der Waals surface area contributed by atoms with Gasteiger partial charge in [-0.3, -0.25) is 37.3 Å². The zero-order chi connectivity index (χ0) is 76.4. The Labute approximate surface area is 638 Å². The van der Waals surface area contributed by atoms with E-state index in [1.54, 1.807) is 0 Å². The second-order valence-electron chi connectivity index (χ2n) is 31.1. The molecule has 0 aromatic carbocycles. The van der Waals surface area contributed by atoms with Crippen molar-refractivity contribution in [2.45, 2.75) is 471 Å². The summed E-state index contributed by atoms with van der Waals surface area (Å²) in [5.41, 5.74) is 0. The van der Waals surface area contributed by atoms with E-state index in [0.29, 0.717) is 25.7 Å². The zero-order valence-corrected chi connectivity index (χ0v) is 70.1. The molecular formula is C85H166O17P2. The van der Waals surface area contributed by atoms with Gasteiger partial charge in [0.25, 0.3) is 0 Å². The van der Waals surface area contributed by atoms with Gasteiger partial charge in [0.15, 0.2) is 12.2 Å². The third kappa shape index (κ3) is 75.5. The van der Waals surface area contributed by atoms with E-state index in [1.165, 1.54) is 270 Å². The lowest BCUT2D eigenvalue weighted by atomic mass is 9.99. The van der Waals surface area contributed by atoms with Crippen LogP contribution in [0.1, 0.15) is 452 Å². The molecule has 0 aromatic rings. The molecule has 3 N–H and O–H groups in total. The van der Waals surface area contributed by atoms with Gasteiger partial charge in [-0.25, -0.2) is 9.13 Å². The fraction of sp³-hybridized carbons (Fsp3) is 0.953. The summed E-state index contributed by atoms with van der Waals surface area (Å²) < 4.78 is 68.8. The molecule has 0 aliphatic rings. The second kappa shape index (κ2) is 76.4. The number of hydrogen-bond donors (Lipinski definition) is 3. The Morgan fingerprint density at radius 1 is 0.269 bits per heavy atom. The standard InChI is InChI=1S/C85H166O17P2/c1-7-11-13-15-17-19-21-22-23-24-28-31-34-37-44-50-56-62-68-83(88)96-74-81(101-84(89)69-63-57-51-45-38-35-32-29-26-25-27-30-33-36-41-47-53-59-65-77(5)9-3)76-100-104(93,94)98-72-79(86)71-97-103(91,92)99-75-80(73-95-82(87)67-61-55-49-43-20-18-16-14-12-8-2)102-85(90)70-64-58-52-46-40-39-42-48-54-60-66-78(6)10-4/h77-81,86H,7-76H2,1-6H3,(H,91,92)(H,93,94)/t77?,78?,79-,80+,81+/m0/s1. The highest BCUT2D eigenvalue weighted by molar-refractivity contribution is 7.47. The Kier molecular flexibility index (Phi) is 75.0. The lowest BCUT2D eigenvalue weighted by Crippen LogP contribution is -2.30. The van der Waals surface area contributed by atoms with Crippen LogP contribution in [0.25, 0.3) is 0 Å². The van der Waals surface area contributed by atoms with Crippen LogP contribution in [0.15, 0.2) is 0 Å². The Morgan fingerprint density at radius 3 is 0.683 bits per heavy atom. The van der Waals surface area contributed by atoms with Crippen LogP contribution >= 0.6 is 15.6 Å². The highest BCUT2D eigenvalue weighted by Gasteiger charge is 2.30. The van der Waals surface area contributed by atoms with Crippen molar-refractivity contribution in [3.63, 3.8) is 0 Å². The number of unbranched alkanes of at least 4 members (excludes halogenated alkanes) is 52. The average Bonchev–Trinajstić information content (AvgIpc) is 0.938. The third-order valence-electron chi connectivity index (χ3n) is 20.7. The van der Waals surface area contributed by atoms with Crippen molar-refractivity contribution in [2.24, 2.45) is 11.8 Å². The molecule has 0 heterocycles. The van der Waals surface area contributed by atoms with Crippen molar-refractivity contribution >= 4 is 39.5 Å². The van der Waals surface area contributed by atoms with E-state index in [1.807, 2.05) is 0 Å². The summed E-state index contributed by atoms with van der Waals surface area (Å²) >= 11 is 0. The molecule has 0 spiro atoms. The smallest absolute Gasteiger partial charge is 0.462 e. The summed E-state index contributed by atoms with van der Waals surface area (Å²) in [6.07, 6.45) is 67.9. The first-order chi connectivity index (χ1) is 50.4. The number of aliphatic hydroxyl groups is 1. The number of rotatable bonds is 84. The Hall–Kier alpha value is -1.94. The summed E-state index contributed by atoms with van der Waals surface area (Å²) in [6, 6.07) is 0. The van der Waals surface area contributed by atoms with Crippen LogP contribution in [-0.4, -0.2) is 96.7 Å². The van der Waals surface area contributed by atoms with Crippen LogP contribution in [0.2, 0.25) is 0 Å². The number of carbonyl (C=O) groups excluding carboxylic acids is 4. The molecule has 0 aliphatic heterocycles. The maximum atomic E-state index is 13.1. The maximum absolute atomic E-state index is 13.1. The highest BCUT2D eigenvalue weighted by Crippen LogP contribution is 2.45. The first kappa shape index (κ1) is 102. The largest absolute Gasteiger partial charge is 0.472 e. The van der Waals surface area contributed by atoms with Crippen LogP contribution in [0.3, 0.4) is 0 Å². The van der Waals surface area contributed by atoms with Crippen molar-refractivity contribution in [1.82, 2.24) is 0 Å². The zero-order valence-electron chi connectivity index (χ0n) is 68.3. The Morgan fingerprint density at radius 2 is 0.462 bits per heavy atom. The van der Waals surface area contributed by atoms with Gasteiger partial charge in [0.1, 0.15) is 19.3 Å². The van der Waals surface area contributed by atoms with Crippen LogP contribution in [0.4, 0.5) is 0 Å². The van der Waals surface area contributed by atoms with Gasteiger partial charge in [0.2, 0.25) is 0 Å². The summed E-state index contributed by atoms with van der Waals surface area (Å²) in [5.74, 6) is -0.430. The molecule has 0 amide bonds. The number of ether oxygens (including phenoxy) is 4. The van der Waals surface area contributed by atoms with E-state index in [0.717, 1.165) is 102 Å². The first-order valence-electron chi connectivity index (χ1n) is 44.1. The monoisotopic (exact) mass is 1520 g/mol. The van der Waals surface area contributed by atoms with Gasteiger partial charge in [-0.15, -0.1) is 0 Å². The molecule has 104 heavy (non-hydrogen) atoms. The normalized spacial score (nSPS) is 14.4. The number of phosphoric ester groups is 2. The van der Waals surface area contributed by atoms with Gasteiger partial charge in [0, 0.05) is 25.7 Å². The van der Waals surface area contributed by atoms with Crippen LogP contribution in [0.5, 0.6) is 0 Å². The van der Waals surface area contributed by atoms with Gasteiger partial charge in [-0.1, -0.05) is 401 Å². The van der Waals surface area contributed by atoms with E-state index in [2.05, 4.69) is 41.5 Å². The van der Waals surface area contributed by atoms with E-state index < -0.39 is 97.5 Å². The minimum Gasteiger partial charge on any atom is -0.462 e. The summed E-state index contributed by atoms with van der Waals surface area (Å²) in [7, 11) is -9.92. The molecule has 19 heteroatoms. The molecule has 0 aromatic heterocycles. The molecular weight excluding hydrogens is 1350 g/mol. The fourth-order valence-corrected chi connectivity index (χ4v) is 14.8. The number of aliphatic hydroxyl groups excluding tert-OH is 1. The van der Waals surface area contributed by atoms with Gasteiger partial charge in [0.05, 0.1) is 26.4 Å². The van der Waals surface area contributed by atoms with Gasteiger partial charge < -0.3 is 33.8 Å². The molecule has 7 atom stereocenters. The predicted octanol–water partition coefficient (Wildman–Crippen LogP) is 25.8. The average molecular weight is 1520 g/mol. The molecule has 0 bridgehead atoms. The van der Waals surface area contributed by atoms with Crippen molar-refractivity contribution in [3.8, 4) is 0 Å². The van der Waals surface area contributed by atoms with Crippen molar-refractivity contribution in [2.75, 3.05) is 39.6 Å². The minimum atomic E-state index is -4.96. The molecule has 618 valence electrons. The Balaban J connectivity index is 5.22. The predicted molar refractivity (Wildman–Crippen MR) is 428 cm³/mol. The first-order valence-corrected chi connectivity index (χ1v) is 47.1. The molecule has 0 saturated heterocycles. The van der Waals surface area contributed by atoms with Crippen molar-refractivity contribution < 1.29 is 80.2 Å². The molecule has 0 saturated carbocycles. The van der Waals surface area contributed by atoms with Gasteiger partial charge in [-0.05, 0) is 37.5 Å². The molecule has 0 fully saturated rings. The van der Waals surface area contributed by atoms with E-state index in [9.17, 15) is 43.2 Å². The SMILES string of the molecule is CCCCCCCCCCCCCCCCCCCCC(=O)OC[C@H](COP(=O)(O)OC[C@@H](O)COP(=O)(O)OC[C@@H](COC(=O)CCCCCCCCCCCC)OC(=O)CCCCCCCCCCCCC(C)CC)OC(=O)CCCCCCCCCCCCCCCCCCCCC(C)CC. The van der Waals surface area contributed by atoms with Crippen molar-refractivity contribution in [3.05, 3.63) is 0 Å². The summed E-state index contributed by atoms with van der Waals surface area (Å²) in [5, 5.41) is 10.7. The fourth-order valence-electron chi connectivity index (χ4n) is 13.2. The van der Waals surface area contributed by atoms with Crippen LogP contribution in [-0.2, 0) is 65.4 Å². The number of esters is 4. The lowest BCUT2D eigenvalue weighted by molar-refractivity contribution is -0.161. The molecule has 17 nitrogen and oxygen atoms in total. The highest BCUT2D eigenvalue weighted by atomic mass is 31.2. The minimum absolute atomic E-state index is 0.107. The number of hydrogen-bond acceptors (Lipinski definition) is 15. The van der Waals surface area contributed by atoms with Crippen LogP contribution in [0, 0.1) is 11.8 Å².